The van der Waals surface area contributed by atoms with Gasteiger partial charge in [0.25, 0.3) is 0 Å². The second-order valence-electron chi connectivity index (χ2n) is 5.31. The van der Waals surface area contributed by atoms with Gasteiger partial charge >= 0.3 is 0 Å². The molecule has 23 heavy (non-hydrogen) atoms. The molecule has 0 fully saturated rings. The van der Waals surface area contributed by atoms with Gasteiger partial charge in [-0.2, -0.15) is 0 Å². The van der Waals surface area contributed by atoms with Gasteiger partial charge in [0.2, 0.25) is 0 Å². The average Bonchev–Trinajstić information content (AvgIpc) is 2.59. The lowest BCUT2D eigenvalue weighted by atomic mass is 10.2. The fourth-order valence-corrected chi connectivity index (χ4v) is 2.58. The van der Waals surface area contributed by atoms with Crippen LogP contribution in [-0.4, -0.2) is 19.8 Å². The molecule has 0 saturated carbocycles. The fourth-order valence-electron chi connectivity index (χ4n) is 2.39. The van der Waals surface area contributed by atoms with Crippen LogP contribution >= 0.6 is 11.6 Å². The number of anilines is 1. The van der Waals surface area contributed by atoms with E-state index in [4.69, 9.17) is 25.8 Å². The predicted octanol–water partition coefficient (Wildman–Crippen LogP) is 4.51. The second-order valence-corrected chi connectivity index (χ2v) is 5.75. The molecule has 0 amide bonds. The first-order valence-corrected chi connectivity index (χ1v) is 8.19. The van der Waals surface area contributed by atoms with Crippen molar-refractivity contribution in [1.82, 2.24) is 0 Å². The molecule has 122 valence electrons. The number of hydrogen-bond acceptors (Lipinski definition) is 4. The summed E-state index contributed by atoms with van der Waals surface area (Å²) in [5.74, 6) is 2.42. The van der Waals surface area contributed by atoms with Crippen LogP contribution in [0.4, 0.5) is 5.69 Å². The number of ether oxygens (including phenoxy) is 3. The van der Waals surface area contributed by atoms with Gasteiger partial charge in [0.05, 0.1) is 6.61 Å². The zero-order chi connectivity index (χ0) is 16.1. The molecular weight excluding hydrogens is 314 g/mol. The lowest BCUT2D eigenvalue weighted by Gasteiger charge is -2.19. The molecule has 4 nitrogen and oxygen atoms in total. The minimum atomic E-state index is 0.583. The van der Waals surface area contributed by atoms with Crippen LogP contribution in [-0.2, 0) is 6.54 Å². The highest BCUT2D eigenvalue weighted by Crippen LogP contribution is 2.33. The third kappa shape index (κ3) is 4.02. The van der Waals surface area contributed by atoms with Crippen molar-refractivity contribution in [3.63, 3.8) is 0 Å². The van der Waals surface area contributed by atoms with Gasteiger partial charge in [-0.15, -0.1) is 0 Å². The maximum Gasteiger partial charge on any atom is 0.163 e. The molecule has 0 bridgehead atoms. The van der Waals surface area contributed by atoms with Gasteiger partial charge in [-0.1, -0.05) is 18.5 Å². The van der Waals surface area contributed by atoms with Gasteiger partial charge in [-0.3, -0.25) is 0 Å². The van der Waals surface area contributed by atoms with E-state index in [1.807, 2.05) is 36.4 Å². The van der Waals surface area contributed by atoms with Crippen LogP contribution in [0.2, 0.25) is 5.02 Å². The Hall–Kier alpha value is -2.07. The van der Waals surface area contributed by atoms with Crippen LogP contribution in [0.5, 0.6) is 17.2 Å². The Morgan fingerprint density at radius 1 is 1.09 bits per heavy atom. The molecule has 0 aliphatic carbocycles. The van der Waals surface area contributed by atoms with E-state index < -0.39 is 0 Å². The lowest BCUT2D eigenvalue weighted by Crippen LogP contribution is -2.15. The molecular formula is C18H20ClNO3. The lowest BCUT2D eigenvalue weighted by molar-refractivity contribution is 0.171. The van der Waals surface area contributed by atoms with Crippen LogP contribution in [0.25, 0.3) is 0 Å². The third-order valence-corrected chi connectivity index (χ3v) is 3.74. The first kappa shape index (κ1) is 15.8. The summed E-state index contributed by atoms with van der Waals surface area (Å²) < 4.78 is 16.9. The summed E-state index contributed by atoms with van der Waals surface area (Å²) in [7, 11) is 0. The van der Waals surface area contributed by atoms with Gasteiger partial charge in [0.15, 0.2) is 11.5 Å². The Balaban J connectivity index is 1.71. The molecule has 0 unspecified atom stereocenters. The summed E-state index contributed by atoms with van der Waals surface area (Å²) in [5, 5.41) is 4.08. The van der Waals surface area contributed by atoms with Crippen molar-refractivity contribution in [2.24, 2.45) is 0 Å². The van der Waals surface area contributed by atoms with E-state index in [-0.39, 0.29) is 0 Å². The fraction of sp³-hybridized carbons (Fsp3) is 0.333. The minimum absolute atomic E-state index is 0.583. The monoisotopic (exact) mass is 333 g/mol. The molecule has 2 aromatic rings. The van der Waals surface area contributed by atoms with Crippen molar-refractivity contribution in [3.05, 3.63) is 47.0 Å². The summed E-state index contributed by atoms with van der Waals surface area (Å²) >= 11 is 6.11. The summed E-state index contributed by atoms with van der Waals surface area (Å²) in [6.07, 6.45) is 0.970. The number of rotatable bonds is 6. The molecule has 1 aliphatic rings. The normalized spacial score (nSPS) is 12.8. The molecule has 0 saturated heterocycles. The molecule has 2 aromatic carbocycles. The van der Waals surface area contributed by atoms with Crippen molar-refractivity contribution < 1.29 is 14.2 Å². The summed E-state index contributed by atoms with van der Waals surface area (Å²) in [5.41, 5.74) is 2.00. The number of benzene rings is 2. The van der Waals surface area contributed by atoms with Crippen molar-refractivity contribution in [3.8, 4) is 17.2 Å². The Morgan fingerprint density at radius 3 is 2.74 bits per heavy atom. The van der Waals surface area contributed by atoms with E-state index >= 15 is 0 Å². The van der Waals surface area contributed by atoms with Gasteiger partial charge in [0, 0.05) is 28.9 Å². The summed E-state index contributed by atoms with van der Waals surface area (Å²) in [6, 6.07) is 11.5. The smallest absolute Gasteiger partial charge is 0.163 e. The van der Waals surface area contributed by atoms with E-state index in [1.54, 1.807) is 0 Å². The summed E-state index contributed by atoms with van der Waals surface area (Å²) in [4.78, 5) is 0. The van der Waals surface area contributed by atoms with Crippen LogP contribution in [0.1, 0.15) is 18.9 Å². The maximum atomic E-state index is 6.11. The number of hydrogen-bond donors (Lipinski definition) is 1. The standard InChI is InChI=1S/C18H20ClNO3/c1-2-7-21-16-5-3-14(19)10-13(16)12-20-15-4-6-17-18(11-15)23-9-8-22-17/h3-6,10-11,20H,2,7-9,12H2,1H3. The molecule has 0 radical (unpaired) electrons. The Kier molecular flexibility index (Phi) is 5.13. The topological polar surface area (TPSA) is 39.7 Å². The third-order valence-electron chi connectivity index (χ3n) is 3.51. The van der Waals surface area contributed by atoms with E-state index in [0.717, 1.165) is 34.9 Å². The first-order valence-electron chi connectivity index (χ1n) is 7.81. The molecule has 3 rings (SSSR count). The zero-order valence-electron chi connectivity index (χ0n) is 13.1. The number of halogens is 1. The molecule has 5 heteroatoms. The summed E-state index contributed by atoms with van der Waals surface area (Å²) in [6.45, 7) is 4.58. The number of fused-ring (bicyclic) bond motifs is 1. The van der Waals surface area contributed by atoms with Gasteiger partial charge < -0.3 is 19.5 Å². The van der Waals surface area contributed by atoms with Crippen molar-refractivity contribution in [2.75, 3.05) is 25.1 Å². The molecule has 1 N–H and O–H groups in total. The molecule has 0 atom stereocenters. The van der Waals surface area contributed by atoms with Crippen LogP contribution in [0.15, 0.2) is 36.4 Å². The molecule has 0 spiro atoms. The largest absolute Gasteiger partial charge is 0.493 e. The van der Waals surface area contributed by atoms with E-state index in [2.05, 4.69) is 12.2 Å². The molecule has 0 aromatic heterocycles. The highest BCUT2D eigenvalue weighted by atomic mass is 35.5. The van der Waals surface area contributed by atoms with Crippen LogP contribution < -0.4 is 19.5 Å². The highest BCUT2D eigenvalue weighted by Gasteiger charge is 2.12. The van der Waals surface area contributed by atoms with E-state index in [9.17, 15) is 0 Å². The van der Waals surface area contributed by atoms with Gasteiger partial charge in [0.1, 0.15) is 19.0 Å². The molecule has 1 heterocycles. The Morgan fingerprint density at radius 2 is 1.91 bits per heavy atom. The van der Waals surface area contributed by atoms with Crippen molar-refractivity contribution >= 4 is 17.3 Å². The Bertz CT molecular complexity index is 675. The minimum Gasteiger partial charge on any atom is -0.493 e. The van der Waals surface area contributed by atoms with E-state index in [0.29, 0.717) is 31.4 Å². The van der Waals surface area contributed by atoms with Crippen LogP contribution in [0, 0.1) is 0 Å². The zero-order valence-corrected chi connectivity index (χ0v) is 13.9. The van der Waals surface area contributed by atoms with Gasteiger partial charge in [-0.05, 0) is 36.8 Å². The first-order chi connectivity index (χ1) is 11.3. The maximum absolute atomic E-state index is 6.11. The Labute approximate surface area is 141 Å². The van der Waals surface area contributed by atoms with Crippen LogP contribution in [0.3, 0.4) is 0 Å². The van der Waals surface area contributed by atoms with E-state index in [1.165, 1.54) is 0 Å². The predicted molar refractivity (Wildman–Crippen MR) is 92.0 cm³/mol. The van der Waals surface area contributed by atoms with Crippen molar-refractivity contribution in [2.45, 2.75) is 19.9 Å². The highest BCUT2D eigenvalue weighted by molar-refractivity contribution is 6.30. The number of nitrogens with one attached hydrogen (secondary N) is 1. The second kappa shape index (κ2) is 7.47. The van der Waals surface area contributed by atoms with Gasteiger partial charge in [-0.25, -0.2) is 0 Å². The average molecular weight is 334 g/mol. The SMILES string of the molecule is CCCOc1ccc(Cl)cc1CNc1ccc2c(c1)OCCO2. The molecule has 1 aliphatic heterocycles. The van der Waals surface area contributed by atoms with Crippen molar-refractivity contribution in [1.29, 1.82) is 0 Å². The quantitative estimate of drug-likeness (QED) is 0.844.